The Hall–Kier alpha value is -3.32. The second-order valence-electron chi connectivity index (χ2n) is 8.17. The molecule has 0 radical (unpaired) electrons. The van der Waals surface area contributed by atoms with Gasteiger partial charge in [0, 0.05) is 0 Å². The molecule has 0 heterocycles. The summed E-state index contributed by atoms with van der Waals surface area (Å²) in [7, 11) is -2.52. The molecule has 0 fully saturated rings. The normalized spacial score (nSPS) is 13.8. The highest BCUT2D eigenvalue weighted by molar-refractivity contribution is 7.92. The van der Waals surface area contributed by atoms with E-state index in [4.69, 9.17) is 4.74 Å². The molecule has 0 aliphatic heterocycles. The molecule has 3 aromatic rings. The minimum Gasteiger partial charge on any atom is -0.495 e. The lowest BCUT2D eigenvalue weighted by molar-refractivity contribution is -0.120. The van der Waals surface area contributed by atoms with E-state index in [9.17, 15) is 13.2 Å². The van der Waals surface area contributed by atoms with Gasteiger partial charge in [-0.2, -0.15) is 0 Å². The van der Waals surface area contributed by atoms with E-state index in [0.717, 1.165) is 29.1 Å². The van der Waals surface area contributed by atoms with Gasteiger partial charge in [0.15, 0.2) is 0 Å². The summed E-state index contributed by atoms with van der Waals surface area (Å²) < 4.78 is 33.5. The number of sulfonamides is 1. The van der Waals surface area contributed by atoms with Crippen molar-refractivity contribution in [1.29, 1.82) is 0 Å². The van der Waals surface area contributed by atoms with E-state index in [-0.39, 0.29) is 17.5 Å². The van der Waals surface area contributed by atoms with Crippen LogP contribution in [0.1, 0.15) is 36.1 Å². The number of para-hydroxylation sites is 2. The number of aryl methyl sites for hydroxylation is 2. The summed E-state index contributed by atoms with van der Waals surface area (Å²) in [5, 5.41) is 2.96. The van der Waals surface area contributed by atoms with Crippen LogP contribution in [0.15, 0.2) is 77.7 Å². The maximum absolute atomic E-state index is 13.5. The maximum Gasteiger partial charge on any atom is 0.264 e. The fourth-order valence-corrected chi connectivity index (χ4v) is 5.67. The van der Waals surface area contributed by atoms with Crippen LogP contribution in [0.25, 0.3) is 0 Å². The molecule has 0 bridgehead atoms. The Bertz CT molecular complexity index is 1240. The third-order valence-corrected chi connectivity index (χ3v) is 7.75. The van der Waals surface area contributed by atoms with Crippen LogP contribution in [-0.4, -0.2) is 28.0 Å². The van der Waals surface area contributed by atoms with Gasteiger partial charge in [0.05, 0.1) is 23.7 Å². The molecule has 7 heteroatoms. The highest BCUT2D eigenvalue weighted by Gasteiger charge is 2.29. The molecule has 0 spiro atoms. The molecule has 1 aliphatic carbocycles. The Morgan fingerprint density at radius 1 is 1.00 bits per heavy atom. The van der Waals surface area contributed by atoms with E-state index >= 15 is 0 Å². The molecule has 1 unspecified atom stereocenters. The number of benzene rings is 3. The van der Waals surface area contributed by atoms with E-state index in [2.05, 4.69) is 17.4 Å². The van der Waals surface area contributed by atoms with E-state index in [0.29, 0.717) is 11.4 Å². The average molecular weight is 465 g/mol. The van der Waals surface area contributed by atoms with Gasteiger partial charge in [0.25, 0.3) is 10.0 Å². The van der Waals surface area contributed by atoms with Crippen LogP contribution in [0.5, 0.6) is 5.75 Å². The predicted octanol–water partition coefficient (Wildman–Crippen LogP) is 4.26. The zero-order valence-electron chi connectivity index (χ0n) is 18.8. The van der Waals surface area contributed by atoms with Crippen molar-refractivity contribution >= 4 is 21.6 Å². The minimum absolute atomic E-state index is 0.107. The van der Waals surface area contributed by atoms with Gasteiger partial charge in [0.1, 0.15) is 12.3 Å². The molecule has 0 aromatic heterocycles. The first-order valence-electron chi connectivity index (χ1n) is 11.0. The number of anilines is 1. The number of nitrogens with zero attached hydrogens (tertiary/aromatic N) is 1. The molecule has 4 rings (SSSR count). The molecule has 0 saturated heterocycles. The smallest absolute Gasteiger partial charge is 0.264 e. The molecule has 1 atom stereocenters. The summed E-state index contributed by atoms with van der Waals surface area (Å²) in [6.45, 7) is 1.54. The number of carbonyl (C=O) groups is 1. The van der Waals surface area contributed by atoms with Crippen LogP contribution in [0.4, 0.5) is 5.69 Å². The van der Waals surface area contributed by atoms with E-state index in [1.54, 1.807) is 42.5 Å². The Morgan fingerprint density at radius 2 is 1.70 bits per heavy atom. The van der Waals surface area contributed by atoms with E-state index in [1.165, 1.54) is 30.4 Å². The van der Waals surface area contributed by atoms with E-state index in [1.807, 2.05) is 13.0 Å². The maximum atomic E-state index is 13.5. The molecule has 0 saturated carbocycles. The van der Waals surface area contributed by atoms with Crippen molar-refractivity contribution in [2.24, 2.45) is 0 Å². The highest BCUT2D eigenvalue weighted by Crippen LogP contribution is 2.32. The van der Waals surface area contributed by atoms with Crippen LogP contribution in [-0.2, 0) is 27.7 Å². The first-order chi connectivity index (χ1) is 15.9. The lowest BCUT2D eigenvalue weighted by Gasteiger charge is -2.26. The number of rotatable bonds is 8. The standard InChI is InChI=1S/C26H28N2O4S/c1-19(21-16-15-20-9-8-10-22(20)17-21)27-26(29)18-28(24-13-6-7-14-25(24)32-2)33(30,31)23-11-4-3-5-12-23/h3-7,11-17,19H,8-10,18H2,1-2H3,(H,27,29). The third kappa shape index (κ3) is 4.88. The van der Waals surface area contributed by atoms with Gasteiger partial charge in [-0.3, -0.25) is 9.10 Å². The lowest BCUT2D eigenvalue weighted by atomic mass is 10.0. The van der Waals surface area contributed by atoms with Crippen LogP contribution in [0.2, 0.25) is 0 Å². The van der Waals surface area contributed by atoms with Crippen molar-refractivity contribution in [3.8, 4) is 5.75 Å². The summed E-state index contributed by atoms with van der Waals surface area (Å²) in [6.07, 6.45) is 3.31. The number of methoxy groups -OCH3 is 1. The van der Waals surface area contributed by atoms with E-state index < -0.39 is 15.9 Å². The third-order valence-electron chi connectivity index (χ3n) is 5.97. The number of hydrogen-bond acceptors (Lipinski definition) is 4. The molecular formula is C26H28N2O4S. The van der Waals surface area contributed by atoms with Crippen molar-refractivity contribution in [2.45, 2.75) is 37.1 Å². The second-order valence-corrected chi connectivity index (χ2v) is 10.0. The molecule has 6 nitrogen and oxygen atoms in total. The first kappa shape index (κ1) is 22.9. The Labute approximate surface area is 195 Å². The molecule has 33 heavy (non-hydrogen) atoms. The molecule has 3 aromatic carbocycles. The number of amides is 1. The number of nitrogens with one attached hydrogen (secondary N) is 1. The Kier molecular flexibility index (Phi) is 6.70. The van der Waals surface area contributed by atoms with Crippen molar-refractivity contribution in [2.75, 3.05) is 18.0 Å². The summed E-state index contributed by atoms with van der Waals surface area (Å²) in [5.41, 5.74) is 4.02. The summed E-state index contributed by atoms with van der Waals surface area (Å²) in [5.74, 6) is -0.0233. The number of ether oxygens (including phenoxy) is 1. The Balaban J connectivity index is 1.60. The second kappa shape index (κ2) is 9.67. The van der Waals surface area contributed by atoms with Gasteiger partial charge >= 0.3 is 0 Å². The molecule has 1 N–H and O–H groups in total. The van der Waals surface area contributed by atoms with Gasteiger partial charge in [0.2, 0.25) is 5.91 Å². The molecule has 1 amide bonds. The summed E-state index contributed by atoms with van der Waals surface area (Å²) in [4.78, 5) is 13.2. The van der Waals surface area contributed by atoms with Crippen LogP contribution < -0.4 is 14.4 Å². The summed E-state index contributed by atoms with van der Waals surface area (Å²) in [6, 6.07) is 20.9. The zero-order valence-corrected chi connectivity index (χ0v) is 19.6. The summed E-state index contributed by atoms with van der Waals surface area (Å²) >= 11 is 0. The lowest BCUT2D eigenvalue weighted by Crippen LogP contribution is -2.41. The SMILES string of the molecule is COc1ccccc1N(CC(=O)NC(C)c1ccc2c(c1)CCC2)S(=O)(=O)c1ccccc1. The van der Waals surface area contributed by atoms with Gasteiger partial charge < -0.3 is 10.1 Å². The van der Waals surface area contributed by atoms with Gasteiger partial charge in [-0.25, -0.2) is 8.42 Å². The largest absolute Gasteiger partial charge is 0.495 e. The predicted molar refractivity (Wildman–Crippen MR) is 129 cm³/mol. The van der Waals surface area contributed by atoms with Gasteiger partial charge in [-0.15, -0.1) is 0 Å². The van der Waals surface area contributed by atoms with Crippen molar-refractivity contribution in [3.63, 3.8) is 0 Å². The molecular weight excluding hydrogens is 436 g/mol. The van der Waals surface area contributed by atoms with Crippen LogP contribution >= 0.6 is 0 Å². The fraction of sp³-hybridized carbons (Fsp3) is 0.269. The molecule has 172 valence electrons. The quantitative estimate of drug-likeness (QED) is 0.541. The topological polar surface area (TPSA) is 75.7 Å². The van der Waals surface area contributed by atoms with Crippen LogP contribution in [0, 0.1) is 0 Å². The van der Waals surface area contributed by atoms with Crippen molar-refractivity contribution < 1.29 is 17.9 Å². The monoisotopic (exact) mass is 464 g/mol. The Morgan fingerprint density at radius 3 is 2.45 bits per heavy atom. The fourth-order valence-electron chi connectivity index (χ4n) is 4.22. The van der Waals surface area contributed by atoms with Crippen molar-refractivity contribution in [1.82, 2.24) is 5.32 Å². The van der Waals surface area contributed by atoms with Crippen molar-refractivity contribution in [3.05, 3.63) is 89.5 Å². The first-order valence-corrected chi connectivity index (χ1v) is 12.5. The van der Waals surface area contributed by atoms with Gasteiger partial charge in [-0.1, -0.05) is 48.5 Å². The zero-order chi connectivity index (χ0) is 23.4. The average Bonchev–Trinajstić information content (AvgIpc) is 3.31. The number of carbonyl (C=O) groups excluding carboxylic acids is 1. The van der Waals surface area contributed by atoms with Gasteiger partial charge in [-0.05, 0) is 67.1 Å². The minimum atomic E-state index is -4.00. The van der Waals surface area contributed by atoms with Crippen LogP contribution in [0.3, 0.4) is 0 Å². The number of hydrogen-bond donors (Lipinski definition) is 1. The number of fused-ring (bicyclic) bond motifs is 1. The highest BCUT2D eigenvalue weighted by atomic mass is 32.2. The molecule has 1 aliphatic rings.